The third kappa shape index (κ3) is 3.88. The molecule has 2 rings (SSSR count). The molecule has 4 heteroatoms. The lowest BCUT2D eigenvalue weighted by molar-refractivity contribution is 0.0697. The van der Waals surface area contributed by atoms with Crippen LogP contribution < -0.4 is 0 Å². The Bertz CT molecular complexity index is 562. The number of hydrogen-bond acceptors (Lipinski definition) is 3. The molecule has 1 aromatic carbocycles. The summed E-state index contributed by atoms with van der Waals surface area (Å²) in [5.41, 5.74) is 2.54. The smallest absolute Gasteiger partial charge is 0.335 e. The standard InChI is InChI=1S/C16H18N2O2/c1-2-3-15-17-10-13(11-18-15)5-4-12-6-8-14(9-7-12)16(19)20/h6-11H,2-5H2,1H3,(H,19,20). The van der Waals surface area contributed by atoms with Gasteiger partial charge in [0.05, 0.1) is 5.56 Å². The SMILES string of the molecule is CCCc1ncc(CCc2ccc(C(=O)O)cc2)cn1. The number of aromatic nitrogens is 2. The van der Waals surface area contributed by atoms with Crippen molar-refractivity contribution in [1.82, 2.24) is 9.97 Å². The van der Waals surface area contributed by atoms with Gasteiger partial charge in [-0.25, -0.2) is 14.8 Å². The number of aromatic carboxylic acids is 1. The second kappa shape index (κ2) is 6.80. The van der Waals surface area contributed by atoms with E-state index in [1.807, 2.05) is 24.5 Å². The van der Waals surface area contributed by atoms with E-state index in [0.29, 0.717) is 5.56 Å². The number of aryl methyl sites for hydroxylation is 3. The van der Waals surface area contributed by atoms with Crippen molar-refractivity contribution in [2.24, 2.45) is 0 Å². The van der Waals surface area contributed by atoms with Crippen LogP contribution in [-0.4, -0.2) is 21.0 Å². The van der Waals surface area contributed by atoms with Crippen molar-refractivity contribution in [1.29, 1.82) is 0 Å². The Balaban J connectivity index is 1.92. The van der Waals surface area contributed by atoms with E-state index in [2.05, 4.69) is 16.9 Å². The van der Waals surface area contributed by atoms with Crippen LogP contribution in [0.1, 0.15) is 40.7 Å². The Kier molecular flexibility index (Phi) is 4.82. The summed E-state index contributed by atoms with van der Waals surface area (Å²) >= 11 is 0. The van der Waals surface area contributed by atoms with Gasteiger partial charge >= 0.3 is 5.97 Å². The molecular formula is C16H18N2O2. The van der Waals surface area contributed by atoms with Gasteiger partial charge in [0, 0.05) is 18.8 Å². The zero-order chi connectivity index (χ0) is 14.4. The highest BCUT2D eigenvalue weighted by atomic mass is 16.4. The lowest BCUT2D eigenvalue weighted by Crippen LogP contribution is -1.99. The number of carboxylic acids is 1. The van der Waals surface area contributed by atoms with E-state index in [4.69, 9.17) is 5.11 Å². The first-order valence-corrected chi connectivity index (χ1v) is 6.81. The number of benzene rings is 1. The van der Waals surface area contributed by atoms with E-state index in [0.717, 1.165) is 42.6 Å². The number of hydrogen-bond donors (Lipinski definition) is 1. The summed E-state index contributed by atoms with van der Waals surface area (Å²) in [5, 5.41) is 8.84. The minimum Gasteiger partial charge on any atom is -0.478 e. The fraction of sp³-hybridized carbons (Fsp3) is 0.312. The molecule has 0 atom stereocenters. The van der Waals surface area contributed by atoms with E-state index in [9.17, 15) is 4.79 Å². The summed E-state index contributed by atoms with van der Waals surface area (Å²) in [4.78, 5) is 19.4. The van der Waals surface area contributed by atoms with Gasteiger partial charge in [-0.2, -0.15) is 0 Å². The summed E-state index contributed by atoms with van der Waals surface area (Å²) in [6.07, 6.45) is 7.44. The highest BCUT2D eigenvalue weighted by Gasteiger charge is 2.02. The molecule has 0 amide bonds. The van der Waals surface area contributed by atoms with Gasteiger partial charge in [-0.3, -0.25) is 0 Å². The van der Waals surface area contributed by atoms with Crippen molar-refractivity contribution in [3.63, 3.8) is 0 Å². The third-order valence-corrected chi connectivity index (χ3v) is 3.14. The van der Waals surface area contributed by atoms with Crippen LogP contribution in [0.3, 0.4) is 0 Å². The third-order valence-electron chi connectivity index (χ3n) is 3.14. The van der Waals surface area contributed by atoms with E-state index in [1.54, 1.807) is 12.1 Å². The topological polar surface area (TPSA) is 63.1 Å². The maximum Gasteiger partial charge on any atom is 0.335 e. The van der Waals surface area contributed by atoms with Crippen molar-refractivity contribution < 1.29 is 9.90 Å². The lowest BCUT2D eigenvalue weighted by atomic mass is 10.0. The molecule has 0 radical (unpaired) electrons. The molecule has 20 heavy (non-hydrogen) atoms. The van der Waals surface area contributed by atoms with Gasteiger partial charge in [0.1, 0.15) is 5.82 Å². The molecular weight excluding hydrogens is 252 g/mol. The van der Waals surface area contributed by atoms with Crippen molar-refractivity contribution in [3.8, 4) is 0 Å². The van der Waals surface area contributed by atoms with Crippen LogP contribution in [0.4, 0.5) is 0 Å². The fourth-order valence-electron chi connectivity index (χ4n) is 1.97. The fourth-order valence-corrected chi connectivity index (χ4v) is 1.97. The average molecular weight is 270 g/mol. The van der Waals surface area contributed by atoms with Crippen molar-refractivity contribution in [2.75, 3.05) is 0 Å². The molecule has 1 aromatic heterocycles. The molecule has 4 nitrogen and oxygen atoms in total. The molecule has 1 heterocycles. The van der Waals surface area contributed by atoms with Gasteiger partial charge in [-0.1, -0.05) is 19.1 Å². The molecule has 1 N–H and O–H groups in total. The molecule has 0 unspecified atom stereocenters. The number of carbonyl (C=O) groups is 1. The second-order valence-electron chi connectivity index (χ2n) is 4.76. The first-order valence-electron chi connectivity index (χ1n) is 6.81. The maximum atomic E-state index is 10.8. The monoisotopic (exact) mass is 270 g/mol. The Morgan fingerprint density at radius 1 is 1.00 bits per heavy atom. The molecule has 2 aromatic rings. The minimum absolute atomic E-state index is 0.320. The molecule has 0 aliphatic heterocycles. The van der Waals surface area contributed by atoms with Gasteiger partial charge in [-0.15, -0.1) is 0 Å². The van der Waals surface area contributed by atoms with Gasteiger partial charge in [0.2, 0.25) is 0 Å². The minimum atomic E-state index is -0.892. The molecule has 0 aliphatic rings. The van der Waals surface area contributed by atoms with E-state index >= 15 is 0 Å². The zero-order valence-electron chi connectivity index (χ0n) is 11.5. The number of rotatable bonds is 6. The van der Waals surface area contributed by atoms with E-state index in [1.165, 1.54) is 0 Å². The van der Waals surface area contributed by atoms with Gasteiger partial charge in [0.15, 0.2) is 0 Å². The summed E-state index contributed by atoms with van der Waals surface area (Å²) in [5.74, 6) is -0.00137. The van der Waals surface area contributed by atoms with Crippen molar-refractivity contribution in [3.05, 3.63) is 59.2 Å². The summed E-state index contributed by atoms with van der Waals surface area (Å²) in [6, 6.07) is 6.99. The van der Waals surface area contributed by atoms with Crippen molar-refractivity contribution in [2.45, 2.75) is 32.6 Å². The average Bonchev–Trinajstić information content (AvgIpc) is 2.47. The highest BCUT2D eigenvalue weighted by molar-refractivity contribution is 5.87. The maximum absolute atomic E-state index is 10.8. The van der Waals surface area contributed by atoms with E-state index in [-0.39, 0.29) is 0 Å². The van der Waals surface area contributed by atoms with Crippen LogP contribution in [0.2, 0.25) is 0 Å². The Morgan fingerprint density at radius 2 is 1.60 bits per heavy atom. The van der Waals surface area contributed by atoms with Crippen molar-refractivity contribution >= 4 is 5.97 Å². The molecule has 0 saturated heterocycles. The summed E-state index contributed by atoms with van der Waals surface area (Å²) in [6.45, 7) is 2.11. The van der Waals surface area contributed by atoms with Crippen LogP contribution in [0.25, 0.3) is 0 Å². The quantitative estimate of drug-likeness (QED) is 0.876. The van der Waals surface area contributed by atoms with E-state index < -0.39 is 5.97 Å². The lowest BCUT2D eigenvalue weighted by Gasteiger charge is -2.03. The predicted octanol–water partition coefficient (Wildman–Crippen LogP) is 2.91. The molecule has 0 fully saturated rings. The van der Waals surface area contributed by atoms with Crippen LogP contribution in [-0.2, 0) is 19.3 Å². The number of carboxylic acid groups (broad SMARTS) is 1. The largest absolute Gasteiger partial charge is 0.478 e. The second-order valence-corrected chi connectivity index (χ2v) is 4.76. The Hall–Kier alpha value is -2.23. The molecule has 0 saturated carbocycles. The molecule has 0 bridgehead atoms. The van der Waals surface area contributed by atoms with Crippen LogP contribution in [0.5, 0.6) is 0 Å². The predicted molar refractivity (Wildman–Crippen MR) is 76.8 cm³/mol. The summed E-state index contributed by atoms with van der Waals surface area (Å²) in [7, 11) is 0. The number of nitrogens with zero attached hydrogens (tertiary/aromatic N) is 2. The molecule has 0 spiro atoms. The van der Waals surface area contributed by atoms with Crippen LogP contribution in [0, 0.1) is 0 Å². The summed E-state index contributed by atoms with van der Waals surface area (Å²) < 4.78 is 0. The van der Waals surface area contributed by atoms with Crippen LogP contribution in [0.15, 0.2) is 36.7 Å². The Labute approximate surface area is 118 Å². The van der Waals surface area contributed by atoms with Gasteiger partial charge in [-0.05, 0) is 42.5 Å². The first kappa shape index (κ1) is 14.2. The highest BCUT2D eigenvalue weighted by Crippen LogP contribution is 2.09. The first-order chi connectivity index (χ1) is 9.69. The molecule has 104 valence electrons. The normalized spacial score (nSPS) is 10.4. The van der Waals surface area contributed by atoms with Gasteiger partial charge < -0.3 is 5.11 Å². The molecule has 0 aliphatic carbocycles. The Morgan fingerprint density at radius 3 is 2.15 bits per heavy atom. The van der Waals surface area contributed by atoms with Gasteiger partial charge in [0.25, 0.3) is 0 Å². The van der Waals surface area contributed by atoms with Crippen LogP contribution >= 0.6 is 0 Å². The zero-order valence-corrected chi connectivity index (χ0v) is 11.5.